The first kappa shape index (κ1) is 19.9. The molecule has 4 atom stereocenters. The molecule has 0 bridgehead atoms. The first-order chi connectivity index (χ1) is 11.1. The van der Waals surface area contributed by atoms with E-state index in [0.29, 0.717) is 13.2 Å². The Hall–Kier alpha value is -1.13. The Labute approximate surface area is 140 Å². The molecule has 2 unspecified atom stereocenters. The summed E-state index contributed by atoms with van der Waals surface area (Å²) in [6.07, 6.45) is 12.6. The molecule has 0 aromatic heterocycles. The second kappa shape index (κ2) is 11.4. The lowest BCUT2D eigenvalue weighted by Crippen LogP contribution is -2.24. The number of hydrogen-bond donors (Lipinski definition) is 2. The van der Waals surface area contributed by atoms with Crippen molar-refractivity contribution in [3.05, 3.63) is 24.3 Å². The van der Waals surface area contributed by atoms with E-state index in [1.54, 1.807) is 0 Å². The summed E-state index contributed by atoms with van der Waals surface area (Å²) in [5.41, 5.74) is 0. The number of aliphatic carboxylic acids is 1. The number of carboxylic acids is 1. The summed E-state index contributed by atoms with van der Waals surface area (Å²) >= 11 is 0. The first-order valence-electron chi connectivity index (χ1n) is 8.85. The normalized spacial score (nSPS) is 24.5. The van der Waals surface area contributed by atoms with Crippen LogP contribution in [0.3, 0.4) is 0 Å². The quantitative estimate of drug-likeness (QED) is 0.448. The number of aliphatic hydroxyl groups excluding tert-OH is 1. The van der Waals surface area contributed by atoms with Gasteiger partial charge in [0.05, 0.1) is 19.3 Å². The maximum atomic E-state index is 11.1. The van der Waals surface area contributed by atoms with E-state index in [2.05, 4.69) is 6.92 Å². The number of unbranched alkanes of at least 4 members (excludes halogenated alkanes) is 2. The van der Waals surface area contributed by atoms with Gasteiger partial charge in [-0.1, -0.05) is 50.5 Å². The molecule has 4 nitrogen and oxygen atoms in total. The zero-order valence-electron chi connectivity index (χ0n) is 14.5. The van der Waals surface area contributed by atoms with Crippen LogP contribution in [0.5, 0.6) is 0 Å². The average molecular weight is 324 g/mol. The third kappa shape index (κ3) is 7.80. The van der Waals surface area contributed by atoms with Gasteiger partial charge in [-0.25, -0.2) is 0 Å². The number of carbonyl (C=O) groups is 1. The van der Waals surface area contributed by atoms with Gasteiger partial charge in [-0.15, -0.1) is 0 Å². The number of ether oxygens (including phenoxy) is 1. The Bertz CT molecular complexity index is 389. The zero-order valence-corrected chi connectivity index (χ0v) is 14.5. The minimum atomic E-state index is -0.756. The highest BCUT2D eigenvalue weighted by atomic mass is 16.5. The highest BCUT2D eigenvalue weighted by Crippen LogP contribution is 2.33. The van der Waals surface area contributed by atoms with Gasteiger partial charge >= 0.3 is 5.97 Å². The Kier molecular flexibility index (Phi) is 9.88. The molecule has 0 amide bonds. The minimum absolute atomic E-state index is 0.0816. The average Bonchev–Trinajstić information content (AvgIpc) is 2.97. The van der Waals surface area contributed by atoms with Crippen LogP contribution in [0.25, 0.3) is 0 Å². The van der Waals surface area contributed by atoms with Crippen molar-refractivity contribution in [2.45, 2.75) is 58.5 Å². The van der Waals surface area contributed by atoms with E-state index in [1.165, 1.54) is 0 Å². The van der Waals surface area contributed by atoms with Crippen LogP contribution in [0.2, 0.25) is 0 Å². The maximum absolute atomic E-state index is 11.1. The van der Waals surface area contributed by atoms with Gasteiger partial charge in [0.1, 0.15) is 0 Å². The molecule has 1 fully saturated rings. The van der Waals surface area contributed by atoms with Gasteiger partial charge in [0, 0.05) is 12.3 Å². The van der Waals surface area contributed by atoms with Crippen LogP contribution < -0.4 is 0 Å². The van der Waals surface area contributed by atoms with E-state index < -0.39 is 12.1 Å². The van der Waals surface area contributed by atoms with E-state index in [4.69, 9.17) is 9.84 Å². The van der Waals surface area contributed by atoms with Crippen LogP contribution in [0.15, 0.2) is 24.3 Å². The van der Waals surface area contributed by atoms with E-state index in [0.717, 1.165) is 32.1 Å². The van der Waals surface area contributed by atoms with E-state index in [9.17, 15) is 9.90 Å². The second-order valence-electron chi connectivity index (χ2n) is 6.48. The van der Waals surface area contributed by atoms with Gasteiger partial charge in [0.25, 0.3) is 0 Å². The Balaban J connectivity index is 2.60. The Morgan fingerprint density at radius 2 is 2.13 bits per heavy atom. The van der Waals surface area contributed by atoms with Crippen molar-refractivity contribution in [2.75, 3.05) is 13.2 Å². The summed E-state index contributed by atoms with van der Waals surface area (Å²) in [6.45, 7) is 5.33. The molecule has 0 aliphatic carbocycles. The van der Waals surface area contributed by atoms with Crippen molar-refractivity contribution in [3.8, 4) is 0 Å². The van der Waals surface area contributed by atoms with Gasteiger partial charge in [-0.05, 0) is 31.6 Å². The predicted molar refractivity (Wildman–Crippen MR) is 92.3 cm³/mol. The fourth-order valence-corrected chi connectivity index (χ4v) is 3.19. The summed E-state index contributed by atoms with van der Waals surface area (Å²) in [5, 5.41) is 19.2. The summed E-state index contributed by atoms with van der Waals surface area (Å²) in [4.78, 5) is 11.1. The fourth-order valence-electron chi connectivity index (χ4n) is 3.19. The SMILES string of the molecule is C/C=C\C[C@H](CC(=O)O)C1COC[C@@H]1/C=C/C(O)CCCCC. The lowest BCUT2D eigenvalue weighted by atomic mass is 9.79. The zero-order chi connectivity index (χ0) is 17.1. The Morgan fingerprint density at radius 3 is 2.78 bits per heavy atom. The molecule has 1 heterocycles. The van der Waals surface area contributed by atoms with E-state index >= 15 is 0 Å². The molecule has 0 radical (unpaired) electrons. The predicted octanol–water partition coefficient (Wildman–Crippen LogP) is 3.80. The molecule has 1 saturated heterocycles. The molecular weight excluding hydrogens is 292 g/mol. The molecule has 0 aromatic rings. The highest BCUT2D eigenvalue weighted by Gasteiger charge is 2.33. The summed E-state index contributed by atoms with van der Waals surface area (Å²) < 4.78 is 5.59. The molecule has 0 spiro atoms. The van der Waals surface area contributed by atoms with Crippen molar-refractivity contribution < 1.29 is 19.7 Å². The van der Waals surface area contributed by atoms with Crippen molar-refractivity contribution in [1.29, 1.82) is 0 Å². The number of carboxylic acid groups (broad SMARTS) is 1. The molecule has 23 heavy (non-hydrogen) atoms. The maximum Gasteiger partial charge on any atom is 0.303 e. The lowest BCUT2D eigenvalue weighted by Gasteiger charge is -2.23. The molecular formula is C19H32O4. The van der Waals surface area contributed by atoms with Crippen LogP contribution in [-0.4, -0.2) is 35.5 Å². The molecule has 1 aliphatic heterocycles. The van der Waals surface area contributed by atoms with Crippen molar-refractivity contribution >= 4 is 5.97 Å². The smallest absolute Gasteiger partial charge is 0.303 e. The number of aliphatic hydroxyl groups is 1. The molecule has 4 heteroatoms. The number of rotatable bonds is 11. The lowest BCUT2D eigenvalue weighted by molar-refractivity contribution is -0.138. The monoisotopic (exact) mass is 324 g/mol. The largest absolute Gasteiger partial charge is 0.481 e. The van der Waals surface area contributed by atoms with Gasteiger partial charge in [0.15, 0.2) is 0 Å². The van der Waals surface area contributed by atoms with Gasteiger partial charge in [-0.3, -0.25) is 4.79 Å². The second-order valence-corrected chi connectivity index (χ2v) is 6.48. The molecule has 2 N–H and O–H groups in total. The minimum Gasteiger partial charge on any atom is -0.481 e. The van der Waals surface area contributed by atoms with Crippen LogP contribution in [0, 0.1) is 17.8 Å². The molecule has 1 aliphatic rings. The van der Waals surface area contributed by atoms with E-state index in [-0.39, 0.29) is 24.2 Å². The first-order valence-corrected chi connectivity index (χ1v) is 8.85. The van der Waals surface area contributed by atoms with Crippen LogP contribution >= 0.6 is 0 Å². The van der Waals surface area contributed by atoms with Crippen molar-refractivity contribution in [2.24, 2.45) is 17.8 Å². The molecule has 132 valence electrons. The highest BCUT2D eigenvalue weighted by molar-refractivity contribution is 5.67. The van der Waals surface area contributed by atoms with Crippen molar-refractivity contribution in [3.63, 3.8) is 0 Å². The van der Waals surface area contributed by atoms with Crippen LogP contribution in [0.4, 0.5) is 0 Å². The molecule has 0 aromatic carbocycles. The topological polar surface area (TPSA) is 66.8 Å². The number of allylic oxidation sites excluding steroid dienone is 2. The Morgan fingerprint density at radius 1 is 1.35 bits per heavy atom. The molecule has 0 saturated carbocycles. The van der Waals surface area contributed by atoms with Crippen molar-refractivity contribution in [1.82, 2.24) is 0 Å². The third-order valence-corrected chi connectivity index (χ3v) is 4.57. The van der Waals surface area contributed by atoms with Crippen LogP contribution in [-0.2, 0) is 9.53 Å². The summed E-state index contributed by atoms with van der Waals surface area (Å²) in [7, 11) is 0. The van der Waals surface area contributed by atoms with Gasteiger partial charge < -0.3 is 14.9 Å². The van der Waals surface area contributed by atoms with Gasteiger partial charge in [0.2, 0.25) is 0 Å². The summed E-state index contributed by atoms with van der Waals surface area (Å²) in [6, 6.07) is 0. The number of hydrogen-bond acceptors (Lipinski definition) is 3. The standard InChI is InChI=1S/C19H32O4/c1-3-5-7-9-17(20)11-10-16-13-23-14-18(16)15(8-6-4-2)12-19(21)22/h4,6,10-11,15-18,20H,3,5,7-9,12-14H2,1-2H3,(H,21,22)/b6-4-,11-10+/t15-,16+,17?,18?/m1/s1. The van der Waals surface area contributed by atoms with E-state index in [1.807, 2.05) is 31.2 Å². The third-order valence-electron chi connectivity index (χ3n) is 4.57. The fraction of sp³-hybridized carbons (Fsp3) is 0.737. The van der Waals surface area contributed by atoms with Gasteiger partial charge in [-0.2, -0.15) is 0 Å². The van der Waals surface area contributed by atoms with Crippen LogP contribution in [0.1, 0.15) is 52.4 Å². The molecule has 1 rings (SSSR count). The summed E-state index contributed by atoms with van der Waals surface area (Å²) in [5.74, 6) is -0.265.